The van der Waals surface area contributed by atoms with Crippen LogP contribution in [0.4, 0.5) is 4.39 Å². The van der Waals surface area contributed by atoms with Crippen LogP contribution >= 0.6 is 0 Å². The predicted octanol–water partition coefficient (Wildman–Crippen LogP) is 4.32. The number of hydrogen-bond donors (Lipinski definition) is 1. The van der Waals surface area contributed by atoms with Crippen LogP contribution in [0.5, 0.6) is 11.5 Å². The topological polar surface area (TPSA) is 37.9 Å². The smallest absolute Gasteiger partial charge is 0.127 e. The fraction of sp³-hybridized carbons (Fsp3) is 0.0625. The van der Waals surface area contributed by atoms with E-state index < -0.39 is 0 Å². The molecule has 3 rings (SSSR count). The quantitative estimate of drug-likeness (QED) is 0.768. The number of ether oxygens (including phenoxy) is 1. The van der Waals surface area contributed by atoms with Crippen molar-refractivity contribution in [2.24, 2.45) is 0 Å². The van der Waals surface area contributed by atoms with Crippen LogP contribution < -0.4 is 4.74 Å². The van der Waals surface area contributed by atoms with Crippen LogP contribution in [0.1, 0.15) is 5.82 Å². The molecule has 0 aliphatic carbocycles. The monoisotopic (exact) mass is 268 g/mol. The number of aryl methyl sites for hydroxylation is 1. The van der Waals surface area contributed by atoms with E-state index in [0.29, 0.717) is 11.5 Å². The van der Waals surface area contributed by atoms with Crippen LogP contribution in [0.25, 0.3) is 11.3 Å². The lowest BCUT2D eigenvalue weighted by molar-refractivity contribution is 0.480. The maximum atomic E-state index is 12.8. The number of halogens is 1. The van der Waals surface area contributed by atoms with Crippen LogP contribution in [0, 0.1) is 12.7 Å². The summed E-state index contributed by atoms with van der Waals surface area (Å²) < 4.78 is 18.4. The number of hydrogen-bond acceptors (Lipinski definition) is 2. The second-order valence-corrected chi connectivity index (χ2v) is 4.46. The first-order chi connectivity index (χ1) is 9.70. The van der Waals surface area contributed by atoms with Crippen LogP contribution in [-0.4, -0.2) is 9.97 Å². The molecule has 0 amide bonds. The van der Waals surface area contributed by atoms with Gasteiger partial charge in [-0.2, -0.15) is 0 Å². The first-order valence-electron chi connectivity index (χ1n) is 6.26. The van der Waals surface area contributed by atoms with Gasteiger partial charge in [0.2, 0.25) is 0 Å². The van der Waals surface area contributed by atoms with Crippen molar-refractivity contribution in [2.45, 2.75) is 6.92 Å². The molecule has 1 aromatic heterocycles. The molecule has 2 aromatic carbocycles. The van der Waals surface area contributed by atoms with Gasteiger partial charge in [0.1, 0.15) is 23.1 Å². The fourth-order valence-corrected chi connectivity index (χ4v) is 1.91. The third kappa shape index (κ3) is 2.69. The first kappa shape index (κ1) is 12.4. The molecule has 20 heavy (non-hydrogen) atoms. The second-order valence-electron chi connectivity index (χ2n) is 4.46. The highest BCUT2D eigenvalue weighted by Gasteiger charge is 2.02. The Morgan fingerprint density at radius 2 is 1.55 bits per heavy atom. The number of nitrogens with zero attached hydrogens (tertiary/aromatic N) is 1. The zero-order chi connectivity index (χ0) is 13.9. The second kappa shape index (κ2) is 5.17. The van der Waals surface area contributed by atoms with Crippen molar-refractivity contribution in [3.63, 3.8) is 0 Å². The summed E-state index contributed by atoms with van der Waals surface area (Å²) in [6.07, 6.45) is 1.80. The minimum absolute atomic E-state index is 0.276. The van der Waals surface area contributed by atoms with Gasteiger partial charge in [-0.1, -0.05) is 0 Å². The number of rotatable bonds is 3. The molecular formula is C16H13FN2O. The Labute approximate surface area is 116 Å². The highest BCUT2D eigenvalue weighted by molar-refractivity contribution is 5.59. The number of aromatic amines is 1. The Bertz CT molecular complexity index is 702. The summed E-state index contributed by atoms with van der Waals surface area (Å²) in [5.74, 6) is 1.92. The van der Waals surface area contributed by atoms with Gasteiger partial charge in [-0.05, 0) is 61.0 Å². The van der Waals surface area contributed by atoms with Crippen LogP contribution in [0.15, 0.2) is 54.7 Å². The van der Waals surface area contributed by atoms with E-state index in [0.717, 1.165) is 17.1 Å². The maximum absolute atomic E-state index is 12.8. The molecule has 100 valence electrons. The lowest BCUT2D eigenvalue weighted by Gasteiger charge is -2.06. The van der Waals surface area contributed by atoms with Gasteiger partial charge < -0.3 is 9.72 Å². The molecule has 0 aliphatic heterocycles. The zero-order valence-electron chi connectivity index (χ0n) is 10.9. The summed E-state index contributed by atoms with van der Waals surface area (Å²) >= 11 is 0. The first-order valence-corrected chi connectivity index (χ1v) is 6.26. The van der Waals surface area contributed by atoms with Crippen molar-refractivity contribution in [3.05, 3.63) is 66.4 Å². The van der Waals surface area contributed by atoms with E-state index in [1.165, 1.54) is 12.1 Å². The minimum atomic E-state index is -0.276. The highest BCUT2D eigenvalue weighted by atomic mass is 19.1. The van der Waals surface area contributed by atoms with Gasteiger partial charge in [-0.25, -0.2) is 9.37 Å². The molecule has 0 radical (unpaired) electrons. The Balaban J connectivity index is 1.77. The van der Waals surface area contributed by atoms with E-state index in [9.17, 15) is 4.39 Å². The molecule has 0 bridgehead atoms. The molecule has 1 heterocycles. The molecule has 0 saturated heterocycles. The van der Waals surface area contributed by atoms with E-state index in [1.54, 1.807) is 18.3 Å². The highest BCUT2D eigenvalue weighted by Crippen LogP contribution is 2.25. The minimum Gasteiger partial charge on any atom is -0.457 e. The molecule has 0 unspecified atom stereocenters. The molecule has 0 fully saturated rings. The molecule has 0 saturated carbocycles. The van der Waals surface area contributed by atoms with Gasteiger partial charge in [0, 0.05) is 0 Å². The van der Waals surface area contributed by atoms with Crippen LogP contribution in [0.2, 0.25) is 0 Å². The van der Waals surface area contributed by atoms with Crippen molar-refractivity contribution in [3.8, 4) is 22.8 Å². The van der Waals surface area contributed by atoms with E-state index in [1.807, 2.05) is 31.2 Å². The Hall–Kier alpha value is -2.62. The predicted molar refractivity (Wildman–Crippen MR) is 75.2 cm³/mol. The average Bonchev–Trinajstić information content (AvgIpc) is 2.89. The van der Waals surface area contributed by atoms with Gasteiger partial charge in [0.05, 0.1) is 11.9 Å². The zero-order valence-corrected chi connectivity index (χ0v) is 10.9. The average molecular weight is 268 g/mol. The summed E-state index contributed by atoms with van der Waals surface area (Å²) in [5.41, 5.74) is 2.01. The van der Waals surface area contributed by atoms with E-state index >= 15 is 0 Å². The van der Waals surface area contributed by atoms with Gasteiger partial charge in [-0.15, -0.1) is 0 Å². The van der Waals surface area contributed by atoms with Crippen molar-refractivity contribution >= 4 is 0 Å². The molecule has 4 heteroatoms. The molecule has 1 N–H and O–H groups in total. The van der Waals surface area contributed by atoms with Gasteiger partial charge in [0.15, 0.2) is 0 Å². The standard InChI is InChI=1S/C16H13FN2O/c1-11-18-10-16(19-11)12-2-6-14(7-3-12)20-15-8-4-13(17)5-9-15/h2-10H,1H3,(H,18,19). The SMILES string of the molecule is Cc1ncc(-c2ccc(Oc3ccc(F)cc3)cc2)[nH]1. The molecule has 0 atom stereocenters. The Morgan fingerprint density at radius 3 is 2.10 bits per heavy atom. The number of imidazole rings is 1. The molecular weight excluding hydrogens is 255 g/mol. The van der Waals surface area contributed by atoms with Crippen LogP contribution in [-0.2, 0) is 0 Å². The summed E-state index contributed by atoms with van der Waals surface area (Å²) in [4.78, 5) is 7.34. The van der Waals surface area contributed by atoms with Gasteiger partial charge in [0.25, 0.3) is 0 Å². The fourth-order valence-electron chi connectivity index (χ4n) is 1.91. The molecule has 3 aromatic rings. The van der Waals surface area contributed by atoms with Crippen molar-refractivity contribution in [1.82, 2.24) is 9.97 Å². The molecule has 0 spiro atoms. The molecule has 3 nitrogen and oxygen atoms in total. The van der Waals surface area contributed by atoms with Crippen LogP contribution in [0.3, 0.4) is 0 Å². The number of H-pyrrole nitrogens is 1. The summed E-state index contributed by atoms with van der Waals surface area (Å²) in [5, 5.41) is 0. The third-order valence-electron chi connectivity index (χ3n) is 2.92. The van der Waals surface area contributed by atoms with E-state index in [4.69, 9.17) is 4.74 Å². The van der Waals surface area contributed by atoms with Crippen molar-refractivity contribution in [1.29, 1.82) is 0 Å². The normalized spacial score (nSPS) is 10.5. The number of nitrogens with one attached hydrogen (secondary N) is 1. The summed E-state index contributed by atoms with van der Waals surface area (Å²) in [7, 11) is 0. The van der Waals surface area contributed by atoms with Crippen molar-refractivity contribution < 1.29 is 9.13 Å². The number of benzene rings is 2. The summed E-state index contributed by atoms with van der Waals surface area (Å²) in [6, 6.07) is 13.6. The Kier molecular flexibility index (Phi) is 3.21. The third-order valence-corrected chi connectivity index (χ3v) is 2.92. The van der Waals surface area contributed by atoms with Crippen molar-refractivity contribution in [2.75, 3.05) is 0 Å². The maximum Gasteiger partial charge on any atom is 0.127 e. The summed E-state index contributed by atoms with van der Waals surface area (Å²) in [6.45, 7) is 1.91. The largest absolute Gasteiger partial charge is 0.457 e. The van der Waals surface area contributed by atoms with E-state index in [-0.39, 0.29) is 5.82 Å². The molecule has 0 aliphatic rings. The lowest BCUT2D eigenvalue weighted by atomic mass is 10.1. The number of aromatic nitrogens is 2. The lowest BCUT2D eigenvalue weighted by Crippen LogP contribution is -1.85. The Morgan fingerprint density at radius 1 is 0.950 bits per heavy atom. The van der Waals surface area contributed by atoms with Gasteiger partial charge >= 0.3 is 0 Å². The van der Waals surface area contributed by atoms with E-state index in [2.05, 4.69) is 9.97 Å². The van der Waals surface area contributed by atoms with Gasteiger partial charge in [-0.3, -0.25) is 0 Å².